The van der Waals surface area contributed by atoms with Gasteiger partial charge in [-0.3, -0.25) is 9.36 Å². The number of carbonyl (C=O) groups excluding carboxylic acids is 2. The third-order valence-electron chi connectivity index (χ3n) is 2.96. The highest BCUT2D eigenvalue weighted by Crippen LogP contribution is 2.50. The number of carbonyl (C=O) groups is 2. The first-order chi connectivity index (χ1) is 11.0. The molecule has 0 rings (SSSR count). The van der Waals surface area contributed by atoms with Gasteiger partial charge in [0, 0.05) is 49.2 Å². The summed E-state index contributed by atoms with van der Waals surface area (Å²) in [4.78, 5) is 25.3. The number of rotatable bonds is 3. The summed E-state index contributed by atoms with van der Waals surface area (Å²) in [6, 6.07) is 0.0185. The van der Waals surface area contributed by atoms with E-state index in [-0.39, 0.29) is 11.9 Å². The molecule has 25 heavy (non-hydrogen) atoms. The average Bonchev–Trinajstić information content (AvgIpc) is 2.45. The third kappa shape index (κ3) is 11.9. The molecule has 0 aliphatic heterocycles. The summed E-state index contributed by atoms with van der Waals surface area (Å²) in [5.41, 5.74) is 0. The second-order valence-electron chi connectivity index (χ2n) is 6.54. The van der Waals surface area contributed by atoms with Crippen molar-refractivity contribution >= 4 is 19.5 Å². The summed E-state index contributed by atoms with van der Waals surface area (Å²) in [6.45, 7) is 1.53. The largest absolute Gasteiger partial charge is 0.349 e. The Labute approximate surface area is 154 Å². The first-order valence-electron chi connectivity index (χ1n) is 7.73. The molecule has 0 fully saturated rings. The lowest BCUT2D eigenvalue weighted by atomic mass is 10.7. The van der Waals surface area contributed by atoms with Crippen LogP contribution in [0.4, 0.5) is 4.79 Å². The molecule has 0 N–H and O–H groups in total. The van der Waals surface area contributed by atoms with E-state index in [0.717, 1.165) is 0 Å². The predicted octanol–water partition coefficient (Wildman–Crippen LogP) is 1.10. The van der Waals surface area contributed by atoms with Crippen LogP contribution in [0.25, 0.3) is 0 Å². The van der Waals surface area contributed by atoms with Crippen molar-refractivity contribution in [1.29, 1.82) is 0 Å². The Balaban J connectivity index is -0.000000306. The Morgan fingerprint density at radius 1 is 0.560 bits per heavy atom. The Bertz CT molecular complexity index is 398. The van der Waals surface area contributed by atoms with Crippen LogP contribution in [0.5, 0.6) is 0 Å². The van der Waals surface area contributed by atoms with Gasteiger partial charge in [-0.2, -0.15) is 0 Å². The molecule has 0 saturated heterocycles. The normalized spacial score (nSPS) is 10.6. The van der Waals surface area contributed by atoms with Crippen LogP contribution in [0.3, 0.4) is 0 Å². The number of hydrogen-bond donors (Lipinski definition) is 0. The highest BCUT2D eigenvalue weighted by molar-refractivity contribution is 7.56. The lowest BCUT2D eigenvalue weighted by Gasteiger charge is -2.34. The van der Waals surface area contributed by atoms with Crippen molar-refractivity contribution in [2.75, 3.05) is 84.6 Å². The first-order valence-corrected chi connectivity index (χ1v) is 9.29. The van der Waals surface area contributed by atoms with E-state index in [9.17, 15) is 14.2 Å². The van der Waals surface area contributed by atoms with Gasteiger partial charge in [0.15, 0.2) is 0 Å². The van der Waals surface area contributed by atoms with Crippen LogP contribution in [0.15, 0.2) is 0 Å². The van der Waals surface area contributed by atoms with Crippen LogP contribution >= 0.6 is 7.59 Å². The van der Waals surface area contributed by atoms with E-state index in [1.54, 1.807) is 56.3 Å². The maximum atomic E-state index is 12.1. The fraction of sp³-hybridized carbons (Fsp3) is 0.867. The predicted molar refractivity (Wildman–Crippen MR) is 106 cm³/mol. The van der Waals surface area contributed by atoms with Crippen LogP contribution < -0.4 is 0 Å². The van der Waals surface area contributed by atoms with Crippen LogP contribution in [0, 0.1) is 0 Å². The fourth-order valence-electron chi connectivity index (χ4n) is 1.47. The quantitative estimate of drug-likeness (QED) is 0.681. The minimum absolute atomic E-state index is 0.0185. The monoisotopic (exact) mass is 382 g/mol. The van der Waals surface area contributed by atoms with E-state index in [1.807, 2.05) is 42.3 Å². The molecule has 0 aliphatic carbocycles. The van der Waals surface area contributed by atoms with Crippen LogP contribution in [-0.2, 0) is 9.36 Å². The lowest BCUT2D eigenvalue weighted by Crippen LogP contribution is -2.33. The van der Waals surface area contributed by atoms with E-state index in [1.165, 1.54) is 21.6 Å². The third-order valence-corrected chi connectivity index (χ3v) is 6.08. The molecule has 0 unspecified atom stereocenters. The first kappa shape index (κ1) is 28.6. The van der Waals surface area contributed by atoms with Gasteiger partial charge >= 0.3 is 6.03 Å². The summed E-state index contributed by atoms with van der Waals surface area (Å²) in [5.74, 6) is 0.0926. The molecule has 0 spiro atoms. The molecule has 3 amide bonds. The number of hydrogen-bond acceptors (Lipinski definition) is 3. The Kier molecular flexibility index (Phi) is 15.0. The van der Waals surface area contributed by atoms with Gasteiger partial charge in [-0.05, 0) is 42.3 Å². The Hall–Kier alpha value is -1.15. The van der Waals surface area contributed by atoms with E-state index in [4.69, 9.17) is 0 Å². The zero-order valence-electron chi connectivity index (χ0n) is 18.4. The molecule has 0 bridgehead atoms. The van der Waals surface area contributed by atoms with Crippen LogP contribution in [0.2, 0.25) is 0 Å². The second-order valence-corrected chi connectivity index (χ2v) is 9.97. The molecular weight excluding hydrogens is 343 g/mol. The van der Waals surface area contributed by atoms with Crippen molar-refractivity contribution in [2.24, 2.45) is 0 Å². The Morgan fingerprint density at radius 2 is 0.760 bits per heavy atom. The molecule has 0 aromatic rings. The molecule has 0 saturated carbocycles. The van der Waals surface area contributed by atoms with Gasteiger partial charge in [0.1, 0.15) is 0 Å². The smallest absolute Gasteiger partial charge is 0.318 e. The second kappa shape index (κ2) is 13.1. The van der Waals surface area contributed by atoms with Gasteiger partial charge in [0.05, 0.1) is 0 Å². The minimum Gasteiger partial charge on any atom is -0.349 e. The van der Waals surface area contributed by atoms with Gasteiger partial charge < -0.3 is 14.7 Å². The van der Waals surface area contributed by atoms with Crippen molar-refractivity contribution in [2.45, 2.75) is 6.92 Å². The van der Waals surface area contributed by atoms with E-state index >= 15 is 0 Å². The van der Waals surface area contributed by atoms with Gasteiger partial charge in [-0.15, -0.1) is 0 Å². The molecule has 10 heteroatoms. The zero-order valence-corrected chi connectivity index (χ0v) is 19.2. The van der Waals surface area contributed by atoms with E-state index < -0.39 is 7.59 Å². The van der Waals surface area contributed by atoms with Crippen molar-refractivity contribution in [1.82, 2.24) is 28.7 Å². The number of amides is 3. The van der Waals surface area contributed by atoms with E-state index in [2.05, 4.69) is 0 Å². The maximum Gasteiger partial charge on any atom is 0.318 e. The van der Waals surface area contributed by atoms with Crippen molar-refractivity contribution in [3.63, 3.8) is 0 Å². The molecular formula is C15H39N6O3P. The summed E-state index contributed by atoms with van der Waals surface area (Å²) >= 11 is 0. The Morgan fingerprint density at radius 3 is 0.760 bits per heavy atom. The van der Waals surface area contributed by atoms with E-state index in [0.29, 0.717) is 0 Å². The molecule has 0 aromatic carbocycles. The van der Waals surface area contributed by atoms with Crippen LogP contribution in [0.1, 0.15) is 6.92 Å². The van der Waals surface area contributed by atoms with Gasteiger partial charge in [-0.1, -0.05) is 0 Å². The van der Waals surface area contributed by atoms with Crippen LogP contribution in [-0.4, -0.2) is 125 Å². The molecule has 9 nitrogen and oxygen atoms in total. The van der Waals surface area contributed by atoms with Crippen molar-refractivity contribution in [3.05, 3.63) is 0 Å². The molecule has 0 atom stereocenters. The minimum atomic E-state index is -2.44. The molecule has 0 aromatic heterocycles. The number of nitrogens with zero attached hydrogens (tertiary/aromatic N) is 6. The lowest BCUT2D eigenvalue weighted by molar-refractivity contribution is -0.126. The zero-order chi connectivity index (χ0) is 21.1. The molecule has 152 valence electrons. The van der Waals surface area contributed by atoms with Gasteiger partial charge in [0.2, 0.25) is 5.91 Å². The molecule has 0 radical (unpaired) electrons. The summed E-state index contributed by atoms with van der Waals surface area (Å²) in [6.07, 6.45) is 0. The highest BCUT2D eigenvalue weighted by atomic mass is 31.2. The average molecular weight is 382 g/mol. The van der Waals surface area contributed by atoms with Gasteiger partial charge in [-0.25, -0.2) is 18.8 Å². The van der Waals surface area contributed by atoms with Crippen molar-refractivity contribution in [3.8, 4) is 0 Å². The number of urea groups is 1. The highest BCUT2D eigenvalue weighted by Gasteiger charge is 2.30. The fourth-order valence-corrected chi connectivity index (χ4v) is 3.62. The summed E-state index contributed by atoms with van der Waals surface area (Å²) < 4.78 is 17.3. The standard InChI is InChI=1S/C6H18N3OP.C5H12N2O.C4H9NO/c1-7(2)11(10,8(3)4)9(5)6;1-6(2)5(8)7(3)4;1-4(6)5(2)3/h1-6H3;1-4H3;1-3H3. The topological polar surface area (TPSA) is 70.7 Å². The summed E-state index contributed by atoms with van der Waals surface area (Å²) in [7, 11) is 18.8. The maximum absolute atomic E-state index is 12.1. The molecule has 0 heterocycles. The molecule has 0 aliphatic rings. The summed E-state index contributed by atoms with van der Waals surface area (Å²) in [5, 5.41) is 0. The SMILES string of the molecule is CC(=O)N(C)C.CN(C)C(=O)N(C)C.CN(C)P(=O)(N(C)C)N(C)C. The van der Waals surface area contributed by atoms with Gasteiger partial charge in [0.25, 0.3) is 7.59 Å². The van der Waals surface area contributed by atoms with Crippen molar-refractivity contribution < 1.29 is 14.2 Å².